The van der Waals surface area contributed by atoms with Crippen LogP contribution < -0.4 is 5.32 Å². The third kappa shape index (κ3) is 3.97. The number of carbonyl (C=O) groups is 2. The minimum absolute atomic E-state index is 0.226. The van der Waals surface area contributed by atoms with Crippen LogP contribution in [0.4, 0.5) is 5.69 Å². The molecule has 0 saturated heterocycles. The van der Waals surface area contributed by atoms with Crippen LogP contribution in [-0.2, 0) is 4.79 Å². The average molecular weight is 438 g/mol. The summed E-state index contributed by atoms with van der Waals surface area (Å²) in [6.07, 6.45) is 0. The van der Waals surface area contributed by atoms with E-state index in [1.54, 1.807) is 48.5 Å². The molecule has 1 amide bonds. The maximum absolute atomic E-state index is 12.8. The molecule has 0 spiro atoms. The Balaban J connectivity index is 1.59. The van der Waals surface area contributed by atoms with E-state index >= 15 is 0 Å². The van der Waals surface area contributed by atoms with Crippen molar-refractivity contribution in [3.63, 3.8) is 0 Å². The fraction of sp³-hybridized carbons (Fsp3) is 0.0833. The maximum atomic E-state index is 12.8. The van der Waals surface area contributed by atoms with E-state index in [0.717, 1.165) is 10.9 Å². The van der Waals surface area contributed by atoms with Crippen LogP contribution in [0.15, 0.2) is 77.2 Å². The van der Waals surface area contributed by atoms with Crippen molar-refractivity contribution in [1.82, 2.24) is 0 Å². The molecule has 4 aromatic rings. The fourth-order valence-corrected chi connectivity index (χ4v) is 3.56. The second-order valence-electron chi connectivity index (χ2n) is 6.87. The van der Waals surface area contributed by atoms with E-state index in [9.17, 15) is 9.59 Å². The first-order valence-electron chi connectivity index (χ1n) is 9.27. The number of ketones is 1. The normalized spacial score (nSPS) is 12.0. The number of hydrogen-bond donors (Lipinski definition) is 1. The molecule has 30 heavy (non-hydrogen) atoms. The minimum Gasteiger partial charge on any atom is -0.452 e. The van der Waals surface area contributed by atoms with Gasteiger partial charge in [-0.3, -0.25) is 9.59 Å². The number of rotatable bonds is 5. The highest BCUT2D eigenvalue weighted by Gasteiger charge is 2.21. The molecular weight excluding hydrogens is 421 g/mol. The van der Waals surface area contributed by atoms with Gasteiger partial charge >= 0.3 is 0 Å². The second kappa shape index (κ2) is 8.34. The van der Waals surface area contributed by atoms with Gasteiger partial charge in [-0.05, 0) is 48.9 Å². The number of aryl methyl sites for hydroxylation is 1. The molecule has 0 aliphatic heterocycles. The molecule has 4 nitrogen and oxygen atoms in total. The lowest BCUT2D eigenvalue weighted by Crippen LogP contribution is -2.17. The largest absolute Gasteiger partial charge is 0.452 e. The Bertz CT molecular complexity index is 1230. The number of benzene rings is 3. The molecule has 1 heterocycles. The zero-order valence-corrected chi connectivity index (χ0v) is 17.5. The summed E-state index contributed by atoms with van der Waals surface area (Å²) in [6, 6.07) is 21.0. The number of amides is 1. The first-order chi connectivity index (χ1) is 14.4. The molecule has 4 rings (SSSR count). The molecule has 0 saturated carbocycles. The zero-order valence-electron chi connectivity index (χ0n) is 16.0. The lowest BCUT2D eigenvalue weighted by atomic mass is 10.0. The van der Waals surface area contributed by atoms with Crippen LogP contribution in [0.1, 0.15) is 32.6 Å². The van der Waals surface area contributed by atoms with E-state index in [2.05, 4.69) is 5.32 Å². The van der Waals surface area contributed by atoms with E-state index < -0.39 is 5.38 Å². The summed E-state index contributed by atoms with van der Waals surface area (Å²) >= 11 is 12.2. The van der Waals surface area contributed by atoms with Crippen LogP contribution in [0.25, 0.3) is 11.0 Å². The molecular formula is C24H17Cl2NO3. The van der Waals surface area contributed by atoms with Crippen molar-refractivity contribution in [3.05, 3.63) is 100 Å². The molecule has 1 unspecified atom stereocenters. The van der Waals surface area contributed by atoms with Crippen molar-refractivity contribution < 1.29 is 14.0 Å². The zero-order chi connectivity index (χ0) is 21.3. The number of halogens is 2. The lowest BCUT2D eigenvalue weighted by molar-refractivity contribution is -0.116. The number of hydrogen-bond acceptors (Lipinski definition) is 3. The smallest absolute Gasteiger partial charge is 0.246 e. The molecule has 0 aliphatic carbocycles. The Hall–Kier alpha value is -3.08. The summed E-state index contributed by atoms with van der Waals surface area (Å²) in [5.41, 5.74) is 2.98. The topological polar surface area (TPSA) is 59.3 Å². The highest BCUT2D eigenvalue weighted by atomic mass is 35.5. The molecule has 0 bridgehead atoms. The number of alkyl halides is 1. The van der Waals surface area contributed by atoms with Gasteiger partial charge in [0.05, 0.1) is 0 Å². The van der Waals surface area contributed by atoms with Gasteiger partial charge in [0.2, 0.25) is 11.7 Å². The summed E-state index contributed by atoms with van der Waals surface area (Å²) in [7, 11) is 0. The van der Waals surface area contributed by atoms with Crippen LogP contribution in [0, 0.1) is 6.92 Å². The summed E-state index contributed by atoms with van der Waals surface area (Å²) in [6.45, 7) is 1.83. The Kier molecular flexibility index (Phi) is 5.62. The van der Waals surface area contributed by atoms with Crippen molar-refractivity contribution in [2.45, 2.75) is 12.3 Å². The molecule has 6 heteroatoms. The van der Waals surface area contributed by atoms with Crippen LogP contribution in [0.3, 0.4) is 0 Å². The van der Waals surface area contributed by atoms with E-state index in [4.69, 9.17) is 27.6 Å². The molecule has 3 aromatic carbocycles. The van der Waals surface area contributed by atoms with Crippen LogP contribution >= 0.6 is 23.2 Å². The van der Waals surface area contributed by atoms with Gasteiger partial charge in [-0.2, -0.15) is 0 Å². The van der Waals surface area contributed by atoms with Gasteiger partial charge in [0.1, 0.15) is 11.0 Å². The quantitative estimate of drug-likeness (QED) is 0.284. The summed E-state index contributed by atoms with van der Waals surface area (Å²) in [4.78, 5) is 25.3. The Morgan fingerprint density at radius 2 is 1.67 bits per heavy atom. The van der Waals surface area contributed by atoms with E-state index in [1.165, 1.54) is 0 Å². The third-order valence-corrected chi connectivity index (χ3v) is 5.54. The van der Waals surface area contributed by atoms with E-state index in [1.807, 2.05) is 31.2 Å². The minimum atomic E-state index is -0.817. The summed E-state index contributed by atoms with van der Waals surface area (Å²) in [5, 5.41) is 3.34. The van der Waals surface area contributed by atoms with E-state index in [0.29, 0.717) is 27.4 Å². The van der Waals surface area contributed by atoms with Crippen molar-refractivity contribution in [2.75, 3.05) is 5.32 Å². The number of carbonyl (C=O) groups excluding carboxylic acids is 2. The molecule has 1 aromatic heterocycles. The van der Waals surface area contributed by atoms with Gasteiger partial charge < -0.3 is 9.73 Å². The Morgan fingerprint density at radius 3 is 2.37 bits per heavy atom. The number of anilines is 1. The van der Waals surface area contributed by atoms with Gasteiger partial charge in [0.15, 0.2) is 5.76 Å². The summed E-state index contributed by atoms with van der Waals surface area (Å²) in [5.74, 6) is -0.311. The van der Waals surface area contributed by atoms with Gasteiger partial charge in [0.25, 0.3) is 0 Å². The van der Waals surface area contributed by atoms with Crippen molar-refractivity contribution in [3.8, 4) is 0 Å². The lowest BCUT2D eigenvalue weighted by Gasteiger charge is -2.10. The van der Waals surface area contributed by atoms with Crippen molar-refractivity contribution >= 4 is 51.5 Å². The average Bonchev–Trinajstić information content (AvgIpc) is 3.09. The number of fused-ring (bicyclic) bond motifs is 1. The SMILES string of the molecule is Cc1c(C(=O)c2ccc(Cl)cc2)oc2cc(NC(=O)C(Cl)c3ccccc3)ccc12. The van der Waals surface area contributed by atoms with Gasteiger partial charge in [-0.15, -0.1) is 11.6 Å². The van der Waals surface area contributed by atoms with Gasteiger partial charge in [-0.25, -0.2) is 0 Å². The highest BCUT2D eigenvalue weighted by molar-refractivity contribution is 6.32. The monoisotopic (exact) mass is 437 g/mol. The fourth-order valence-electron chi connectivity index (χ4n) is 3.23. The summed E-state index contributed by atoms with van der Waals surface area (Å²) < 4.78 is 5.85. The van der Waals surface area contributed by atoms with Crippen LogP contribution in [0.2, 0.25) is 5.02 Å². The number of nitrogens with one attached hydrogen (secondary N) is 1. The molecule has 1 atom stereocenters. The third-order valence-electron chi connectivity index (χ3n) is 4.84. The van der Waals surface area contributed by atoms with Gasteiger partial charge in [0, 0.05) is 33.3 Å². The number of furan rings is 1. The first kappa shape index (κ1) is 20.2. The predicted octanol–water partition coefficient (Wildman–Crippen LogP) is 6.54. The van der Waals surface area contributed by atoms with Crippen LogP contribution in [-0.4, -0.2) is 11.7 Å². The second-order valence-corrected chi connectivity index (χ2v) is 7.74. The van der Waals surface area contributed by atoms with E-state index in [-0.39, 0.29) is 17.5 Å². The first-order valence-corrected chi connectivity index (χ1v) is 10.1. The Morgan fingerprint density at radius 1 is 0.967 bits per heavy atom. The van der Waals surface area contributed by atoms with Crippen molar-refractivity contribution in [2.24, 2.45) is 0 Å². The molecule has 0 radical (unpaired) electrons. The highest BCUT2D eigenvalue weighted by Crippen LogP contribution is 2.30. The predicted molar refractivity (Wildman–Crippen MR) is 120 cm³/mol. The molecule has 1 N–H and O–H groups in total. The van der Waals surface area contributed by atoms with Crippen molar-refractivity contribution in [1.29, 1.82) is 0 Å². The molecule has 0 fully saturated rings. The Labute approximate surface area is 183 Å². The van der Waals surface area contributed by atoms with Gasteiger partial charge in [-0.1, -0.05) is 41.9 Å². The standard InChI is InChI=1S/C24H17Cl2NO3/c1-14-19-12-11-18(27-24(29)21(26)15-5-3-2-4-6-15)13-20(19)30-23(14)22(28)16-7-9-17(25)10-8-16/h2-13,21H,1H3,(H,27,29). The molecule has 0 aliphatic rings. The maximum Gasteiger partial charge on any atom is 0.246 e. The van der Waals surface area contributed by atoms with Crippen LogP contribution in [0.5, 0.6) is 0 Å². The molecule has 150 valence electrons.